The molecule has 0 unspecified atom stereocenters. The molecule has 1 heterocycles. The van der Waals surface area contributed by atoms with Gasteiger partial charge in [-0.1, -0.05) is 24.6 Å². The lowest BCUT2D eigenvalue weighted by Crippen LogP contribution is -2.40. The SMILES string of the molecule is CCNCC1CCN(C(=O)c2ccc(Oc3cccc(Cl)c3)cc2)CC1. The van der Waals surface area contributed by atoms with Crippen LogP contribution < -0.4 is 10.1 Å². The van der Waals surface area contributed by atoms with Crippen molar-refractivity contribution in [1.29, 1.82) is 0 Å². The van der Waals surface area contributed by atoms with Crippen LogP contribution in [0, 0.1) is 5.92 Å². The Morgan fingerprint density at radius 1 is 1.15 bits per heavy atom. The summed E-state index contributed by atoms with van der Waals surface area (Å²) in [5.74, 6) is 2.14. The Hall–Kier alpha value is -2.04. The van der Waals surface area contributed by atoms with E-state index in [1.807, 2.05) is 41.3 Å². The average molecular weight is 373 g/mol. The topological polar surface area (TPSA) is 41.6 Å². The predicted molar refractivity (Wildman–Crippen MR) is 105 cm³/mol. The fourth-order valence-electron chi connectivity index (χ4n) is 3.20. The van der Waals surface area contributed by atoms with Crippen LogP contribution in [0.25, 0.3) is 0 Å². The molecule has 0 atom stereocenters. The largest absolute Gasteiger partial charge is 0.457 e. The van der Waals surface area contributed by atoms with Gasteiger partial charge in [-0.25, -0.2) is 0 Å². The van der Waals surface area contributed by atoms with Crippen molar-refractivity contribution in [3.63, 3.8) is 0 Å². The molecule has 1 aliphatic rings. The lowest BCUT2D eigenvalue weighted by Gasteiger charge is -2.32. The van der Waals surface area contributed by atoms with E-state index in [1.54, 1.807) is 12.1 Å². The van der Waals surface area contributed by atoms with Crippen LogP contribution in [0.4, 0.5) is 0 Å². The number of nitrogens with zero attached hydrogens (tertiary/aromatic N) is 1. The summed E-state index contributed by atoms with van der Waals surface area (Å²) in [6.07, 6.45) is 2.13. The molecular weight excluding hydrogens is 348 g/mol. The summed E-state index contributed by atoms with van der Waals surface area (Å²) in [6, 6.07) is 14.6. The van der Waals surface area contributed by atoms with Gasteiger partial charge in [-0.3, -0.25) is 4.79 Å². The molecule has 0 aliphatic carbocycles. The zero-order valence-corrected chi connectivity index (χ0v) is 15.8. The molecule has 2 aromatic rings. The van der Waals surface area contributed by atoms with Crippen molar-refractivity contribution in [2.45, 2.75) is 19.8 Å². The number of likely N-dealkylation sites (tertiary alicyclic amines) is 1. The molecule has 1 N–H and O–H groups in total. The average Bonchev–Trinajstić information content (AvgIpc) is 2.67. The third-order valence-corrected chi connectivity index (χ3v) is 4.95. The van der Waals surface area contributed by atoms with Crippen LogP contribution in [0.1, 0.15) is 30.1 Å². The minimum atomic E-state index is 0.0983. The first kappa shape index (κ1) is 18.7. The Kier molecular flexibility index (Phi) is 6.53. The van der Waals surface area contributed by atoms with Gasteiger partial charge < -0.3 is 15.0 Å². The smallest absolute Gasteiger partial charge is 0.253 e. The molecule has 0 radical (unpaired) electrons. The molecule has 138 valence electrons. The number of carbonyl (C=O) groups excluding carboxylic acids is 1. The molecule has 26 heavy (non-hydrogen) atoms. The number of ether oxygens (including phenoxy) is 1. The maximum absolute atomic E-state index is 12.7. The molecule has 1 amide bonds. The Bertz CT molecular complexity index is 725. The van der Waals surface area contributed by atoms with Gasteiger partial charge in [0.1, 0.15) is 11.5 Å². The molecule has 0 bridgehead atoms. The lowest BCUT2D eigenvalue weighted by molar-refractivity contribution is 0.0690. The number of piperidine rings is 1. The van der Waals surface area contributed by atoms with Crippen molar-refractivity contribution in [2.75, 3.05) is 26.2 Å². The Balaban J connectivity index is 1.56. The normalized spacial score (nSPS) is 15.1. The van der Waals surface area contributed by atoms with Gasteiger partial charge in [0, 0.05) is 23.7 Å². The standard InChI is InChI=1S/C21H25ClN2O2/c1-2-23-15-16-10-12-24(13-11-16)21(25)17-6-8-19(9-7-17)26-20-5-3-4-18(22)14-20/h3-9,14,16,23H,2,10-13,15H2,1H3. The molecule has 1 aliphatic heterocycles. The fourth-order valence-corrected chi connectivity index (χ4v) is 3.38. The van der Waals surface area contributed by atoms with Gasteiger partial charge in [-0.2, -0.15) is 0 Å². The summed E-state index contributed by atoms with van der Waals surface area (Å²) in [4.78, 5) is 14.6. The van der Waals surface area contributed by atoms with Crippen LogP contribution in [-0.4, -0.2) is 37.0 Å². The van der Waals surface area contributed by atoms with E-state index < -0.39 is 0 Å². The molecule has 2 aromatic carbocycles. The van der Waals surface area contributed by atoms with Crippen molar-refractivity contribution < 1.29 is 9.53 Å². The van der Waals surface area contributed by atoms with E-state index in [9.17, 15) is 4.79 Å². The fraction of sp³-hybridized carbons (Fsp3) is 0.381. The third kappa shape index (κ3) is 4.99. The first-order chi connectivity index (χ1) is 12.7. The van der Waals surface area contributed by atoms with Crippen LogP contribution in [0.3, 0.4) is 0 Å². The summed E-state index contributed by atoms with van der Waals surface area (Å²) in [6.45, 7) is 5.83. The van der Waals surface area contributed by atoms with E-state index in [0.717, 1.165) is 39.0 Å². The van der Waals surface area contributed by atoms with Gasteiger partial charge >= 0.3 is 0 Å². The number of carbonyl (C=O) groups is 1. The Labute approximate surface area is 160 Å². The zero-order chi connectivity index (χ0) is 18.4. The molecule has 0 aromatic heterocycles. The molecule has 5 heteroatoms. The zero-order valence-electron chi connectivity index (χ0n) is 15.1. The van der Waals surface area contributed by atoms with Gasteiger partial charge in [0.2, 0.25) is 0 Å². The van der Waals surface area contributed by atoms with Crippen molar-refractivity contribution in [2.24, 2.45) is 5.92 Å². The highest BCUT2D eigenvalue weighted by Crippen LogP contribution is 2.25. The number of hydrogen-bond acceptors (Lipinski definition) is 3. The predicted octanol–water partition coefficient (Wildman–Crippen LogP) is 4.59. The van der Waals surface area contributed by atoms with Crippen LogP contribution >= 0.6 is 11.6 Å². The number of halogens is 1. The monoisotopic (exact) mass is 372 g/mol. The second-order valence-electron chi connectivity index (χ2n) is 6.63. The Morgan fingerprint density at radius 3 is 2.54 bits per heavy atom. The summed E-state index contributed by atoms with van der Waals surface area (Å²) in [7, 11) is 0. The maximum atomic E-state index is 12.7. The van der Waals surface area contributed by atoms with Crippen molar-refractivity contribution >= 4 is 17.5 Å². The number of rotatable bonds is 6. The summed E-state index contributed by atoms with van der Waals surface area (Å²) < 4.78 is 5.77. The van der Waals surface area contributed by atoms with E-state index in [-0.39, 0.29) is 5.91 Å². The minimum absolute atomic E-state index is 0.0983. The van der Waals surface area contributed by atoms with Gasteiger partial charge in [0.05, 0.1) is 0 Å². The van der Waals surface area contributed by atoms with E-state index in [1.165, 1.54) is 0 Å². The van der Waals surface area contributed by atoms with Crippen molar-refractivity contribution in [1.82, 2.24) is 10.2 Å². The van der Waals surface area contributed by atoms with Crippen LogP contribution in [-0.2, 0) is 0 Å². The highest BCUT2D eigenvalue weighted by Gasteiger charge is 2.23. The number of benzene rings is 2. The first-order valence-electron chi connectivity index (χ1n) is 9.19. The van der Waals surface area contributed by atoms with Gasteiger partial charge in [-0.15, -0.1) is 0 Å². The summed E-state index contributed by atoms with van der Waals surface area (Å²) in [5, 5.41) is 4.03. The van der Waals surface area contributed by atoms with E-state index in [2.05, 4.69) is 12.2 Å². The second kappa shape index (κ2) is 9.06. The minimum Gasteiger partial charge on any atom is -0.457 e. The van der Waals surface area contributed by atoms with Crippen LogP contribution in [0.15, 0.2) is 48.5 Å². The molecule has 1 fully saturated rings. The van der Waals surface area contributed by atoms with Gasteiger partial charge in [-0.05, 0) is 74.3 Å². The number of amides is 1. The molecule has 0 saturated carbocycles. The molecule has 1 saturated heterocycles. The summed E-state index contributed by atoms with van der Waals surface area (Å²) in [5.41, 5.74) is 0.702. The number of hydrogen-bond donors (Lipinski definition) is 1. The maximum Gasteiger partial charge on any atom is 0.253 e. The van der Waals surface area contributed by atoms with Crippen LogP contribution in [0.2, 0.25) is 5.02 Å². The molecule has 3 rings (SSSR count). The Morgan fingerprint density at radius 2 is 1.88 bits per heavy atom. The quantitative estimate of drug-likeness (QED) is 0.806. The summed E-state index contributed by atoms with van der Waals surface area (Å²) >= 11 is 5.97. The van der Waals surface area contributed by atoms with Gasteiger partial charge in [0.25, 0.3) is 5.91 Å². The first-order valence-corrected chi connectivity index (χ1v) is 9.57. The lowest BCUT2D eigenvalue weighted by atomic mass is 9.96. The highest BCUT2D eigenvalue weighted by molar-refractivity contribution is 6.30. The van der Waals surface area contributed by atoms with Crippen molar-refractivity contribution in [3.05, 3.63) is 59.1 Å². The van der Waals surface area contributed by atoms with Gasteiger partial charge in [0.15, 0.2) is 0 Å². The molecule has 4 nitrogen and oxygen atoms in total. The third-order valence-electron chi connectivity index (χ3n) is 4.72. The highest BCUT2D eigenvalue weighted by atomic mass is 35.5. The van der Waals surface area contributed by atoms with E-state index in [4.69, 9.17) is 16.3 Å². The second-order valence-corrected chi connectivity index (χ2v) is 7.06. The van der Waals surface area contributed by atoms with Crippen molar-refractivity contribution in [3.8, 4) is 11.5 Å². The van der Waals surface area contributed by atoms with E-state index >= 15 is 0 Å². The van der Waals surface area contributed by atoms with E-state index in [0.29, 0.717) is 28.0 Å². The molecule has 0 spiro atoms. The molecular formula is C21H25ClN2O2. The number of nitrogens with one attached hydrogen (secondary N) is 1. The van der Waals surface area contributed by atoms with Crippen LogP contribution in [0.5, 0.6) is 11.5 Å².